The quantitative estimate of drug-likeness (QED) is 0.388. The fraction of sp³-hybridized carbons (Fsp3) is 0.400. The largest absolute Gasteiger partial charge is 0.495 e. The zero-order chi connectivity index (χ0) is 21.3. The van der Waals surface area contributed by atoms with E-state index in [4.69, 9.17) is 26.0 Å². The number of hydrogen-bond acceptors (Lipinski definition) is 6. The second-order valence-corrected chi connectivity index (χ2v) is 8.42. The van der Waals surface area contributed by atoms with Crippen LogP contribution in [0.15, 0.2) is 47.4 Å². The molecule has 1 unspecified atom stereocenters. The third-order valence-electron chi connectivity index (χ3n) is 4.16. The SMILES string of the molecule is CCOc1ccccc1OCCNC(C)Cc1ccc(OC)c(S(=O)(=O)NCl)c1. The summed E-state index contributed by atoms with van der Waals surface area (Å²) < 4.78 is 42.4. The molecule has 1 atom stereocenters. The van der Waals surface area contributed by atoms with Gasteiger partial charge in [-0.3, -0.25) is 0 Å². The van der Waals surface area contributed by atoms with E-state index in [1.54, 1.807) is 16.4 Å². The molecule has 0 fully saturated rings. The molecule has 2 N–H and O–H groups in total. The van der Waals surface area contributed by atoms with Crippen LogP contribution in [-0.2, 0) is 16.4 Å². The number of benzene rings is 2. The maximum atomic E-state index is 12.1. The van der Waals surface area contributed by atoms with E-state index >= 15 is 0 Å². The third kappa shape index (κ3) is 6.78. The molecule has 0 spiro atoms. The van der Waals surface area contributed by atoms with Gasteiger partial charge in [-0.2, -0.15) is 0 Å². The Kier molecular flexibility index (Phi) is 9.03. The Morgan fingerprint density at radius 3 is 2.38 bits per heavy atom. The molecule has 2 aromatic carbocycles. The maximum absolute atomic E-state index is 12.1. The van der Waals surface area contributed by atoms with Crippen molar-refractivity contribution in [1.29, 1.82) is 0 Å². The second kappa shape index (κ2) is 11.3. The second-order valence-electron chi connectivity index (χ2n) is 6.35. The highest BCUT2D eigenvalue weighted by molar-refractivity contribution is 7.90. The molecule has 9 heteroatoms. The lowest BCUT2D eigenvalue weighted by Gasteiger charge is -2.16. The number of nitrogens with one attached hydrogen (secondary N) is 2. The van der Waals surface area contributed by atoms with Crippen molar-refractivity contribution in [2.24, 2.45) is 0 Å². The first-order valence-corrected chi connectivity index (χ1v) is 11.1. The van der Waals surface area contributed by atoms with Gasteiger partial charge in [-0.05, 0) is 61.9 Å². The average molecular weight is 443 g/mol. The summed E-state index contributed by atoms with van der Waals surface area (Å²) in [5.74, 6) is 1.68. The Morgan fingerprint density at radius 1 is 1.07 bits per heavy atom. The van der Waals surface area contributed by atoms with Crippen molar-refractivity contribution in [1.82, 2.24) is 9.56 Å². The number of ether oxygens (including phenoxy) is 3. The van der Waals surface area contributed by atoms with Crippen LogP contribution in [0, 0.1) is 0 Å². The fourth-order valence-electron chi connectivity index (χ4n) is 2.84. The van der Waals surface area contributed by atoms with Crippen LogP contribution >= 0.6 is 11.8 Å². The summed E-state index contributed by atoms with van der Waals surface area (Å²) in [7, 11) is -2.41. The van der Waals surface area contributed by atoms with Gasteiger partial charge in [0, 0.05) is 12.6 Å². The summed E-state index contributed by atoms with van der Waals surface area (Å²) in [6.07, 6.45) is 0.629. The van der Waals surface area contributed by atoms with Crippen molar-refractivity contribution >= 4 is 21.8 Å². The average Bonchev–Trinajstić information content (AvgIpc) is 2.72. The number of rotatable bonds is 12. The highest BCUT2D eigenvalue weighted by atomic mass is 35.5. The lowest BCUT2D eigenvalue weighted by atomic mass is 10.1. The van der Waals surface area contributed by atoms with Crippen LogP contribution in [0.5, 0.6) is 17.2 Å². The highest BCUT2D eigenvalue weighted by Gasteiger charge is 2.19. The minimum Gasteiger partial charge on any atom is -0.495 e. The van der Waals surface area contributed by atoms with E-state index in [9.17, 15) is 8.42 Å². The van der Waals surface area contributed by atoms with E-state index in [0.29, 0.717) is 31.9 Å². The minimum absolute atomic E-state index is 0.00978. The van der Waals surface area contributed by atoms with Crippen LogP contribution in [0.1, 0.15) is 19.4 Å². The molecule has 0 saturated heterocycles. The van der Waals surface area contributed by atoms with Crippen molar-refractivity contribution in [2.45, 2.75) is 31.2 Å². The highest BCUT2D eigenvalue weighted by Crippen LogP contribution is 2.27. The standard InChI is InChI=1S/C20H27ClN2O5S/c1-4-27-17-7-5-6-8-18(17)28-12-11-22-15(2)13-16-9-10-19(26-3)20(14-16)29(24,25)23-21/h5-10,14-15,22-23H,4,11-13H2,1-3H3. The molecule has 2 rings (SSSR count). The predicted octanol–water partition coefficient (Wildman–Crippen LogP) is 3.13. The number of hydrogen-bond donors (Lipinski definition) is 2. The molecule has 0 radical (unpaired) electrons. The smallest absolute Gasteiger partial charge is 0.257 e. The fourth-order valence-corrected chi connectivity index (χ4v) is 3.89. The van der Waals surface area contributed by atoms with E-state index in [-0.39, 0.29) is 16.7 Å². The Bertz CT molecular complexity index is 892. The van der Waals surface area contributed by atoms with Crippen LogP contribution in [0.4, 0.5) is 0 Å². The molecule has 29 heavy (non-hydrogen) atoms. The monoisotopic (exact) mass is 442 g/mol. The van der Waals surface area contributed by atoms with Crippen LogP contribution in [0.25, 0.3) is 0 Å². The third-order valence-corrected chi connectivity index (χ3v) is 5.87. The molecule has 160 valence electrons. The molecule has 0 saturated carbocycles. The Hall–Kier alpha value is -2.00. The summed E-state index contributed by atoms with van der Waals surface area (Å²) in [6, 6.07) is 12.7. The first-order valence-electron chi connectivity index (χ1n) is 9.28. The van der Waals surface area contributed by atoms with Gasteiger partial charge in [0.25, 0.3) is 10.0 Å². The van der Waals surface area contributed by atoms with Crippen molar-refractivity contribution in [3.05, 3.63) is 48.0 Å². The van der Waals surface area contributed by atoms with E-state index in [1.807, 2.05) is 44.2 Å². The molecule has 0 aliphatic rings. The van der Waals surface area contributed by atoms with Gasteiger partial charge in [0.2, 0.25) is 0 Å². The minimum atomic E-state index is -3.82. The van der Waals surface area contributed by atoms with Crippen LogP contribution < -0.4 is 23.8 Å². The molecular formula is C20H27ClN2O5S. The molecule has 2 aromatic rings. The van der Waals surface area contributed by atoms with Gasteiger partial charge >= 0.3 is 0 Å². The lowest BCUT2D eigenvalue weighted by molar-refractivity contribution is 0.272. The number of sulfonamides is 1. The van der Waals surface area contributed by atoms with Gasteiger partial charge in [-0.25, -0.2) is 8.42 Å². The summed E-state index contributed by atoms with van der Waals surface area (Å²) >= 11 is 5.35. The zero-order valence-electron chi connectivity index (χ0n) is 16.8. The van der Waals surface area contributed by atoms with Gasteiger partial charge in [0.1, 0.15) is 17.3 Å². The summed E-state index contributed by atoms with van der Waals surface area (Å²) in [6.45, 7) is 5.64. The normalized spacial score (nSPS) is 12.4. The molecule has 0 aliphatic carbocycles. The van der Waals surface area contributed by atoms with Gasteiger partial charge in [-0.15, -0.1) is 4.24 Å². The first kappa shape index (κ1) is 23.3. The van der Waals surface area contributed by atoms with E-state index in [1.165, 1.54) is 7.11 Å². The summed E-state index contributed by atoms with van der Waals surface area (Å²) in [5.41, 5.74) is 0.846. The Labute approximate surface area is 177 Å². The van der Waals surface area contributed by atoms with E-state index in [2.05, 4.69) is 5.32 Å². The summed E-state index contributed by atoms with van der Waals surface area (Å²) in [5, 5.41) is 3.37. The number of para-hydroxylation sites is 2. The molecule has 0 bridgehead atoms. The molecule has 0 heterocycles. The zero-order valence-corrected chi connectivity index (χ0v) is 18.3. The van der Waals surface area contributed by atoms with Crippen LogP contribution in [0.2, 0.25) is 0 Å². The Morgan fingerprint density at radius 2 is 1.76 bits per heavy atom. The topological polar surface area (TPSA) is 85.9 Å². The van der Waals surface area contributed by atoms with Gasteiger partial charge in [-0.1, -0.05) is 18.2 Å². The number of halogens is 1. The van der Waals surface area contributed by atoms with Crippen molar-refractivity contribution in [2.75, 3.05) is 26.9 Å². The predicted molar refractivity (Wildman–Crippen MR) is 113 cm³/mol. The molecular weight excluding hydrogens is 416 g/mol. The van der Waals surface area contributed by atoms with Gasteiger partial charge in [0.15, 0.2) is 11.5 Å². The van der Waals surface area contributed by atoms with E-state index < -0.39 is 10.0 Å². The maximum Gasteiger partial charge on any atom is 0.257 e. The first-order chi connectivity index (χ1) is 13.9. The molecule has 7 nitrogen and oxygen atoms in total. The van der Waals surface area contributed by atoms with Crippen molar-refractivity contribution < 1.29 is 22.6 Å². The Balaban J connectivity index is 1.90. The van der Waals surface area contributed by atoms with Crippen molar-refractivity contribution in [3.63, 3.8) is 0 Å². The van der Waals surface area contributed by atoms with Crippen LogP contribution in [-0.4, -0.2) is 41.3 Å². The molecule has 0 aliphatic heterocycles. The van der Waals surface area contributed by atoms with Crippen LogP contribution in [0.3, 0.4) is 0 Å². The van der Waals surface area contributed by atoms with Gasteiger partial charge in [0.05, 0.1) is 13.7 Å². The lowest BCUT2D eigenvalue weighted by Crippen LogP contribution is -2.32. The van der Waals surface area contributed by atoms with Crippen molar-refractivity contribution in [3.8, 4) is 17.2 Å². The molecule has 0 amide bonds. The molecule has 0 aromatic heterocycles. The summed E-state index contributed by atoms with van der Waals surface area (Å²) in [4.78, 5) is 0.00978. The van der Waals surface area contributed by atoms with Gasteiger partial charge < -0.3 is 19.5 Å². The number of methoxy groups -OCH3 is 1. The van der Waals surface area contributed by atoms with E-state index in [0.717, 1.165) is 11.3 Å².